The molecule has 0 atom stereocenters. The Hall–Kier alpha value is -3.97. The van der Waals surface area contributed by atoms with E-state index in [1.54, 1.807) is 20.3 Å². The Morgan fingerprint density at radius 2 is 1.61 bits per heavy atom. The zero-order valence-corrected chi connectivity index (χ0v) is 21.7. The summed E-state index contributed by atoms with van der Waals surface area (Å²) in [6, 6.07) is 18.4. The molecule has 0 saturated carbocycles. The van der Waals surface area contributed by atoms with Crippen molar-refractivity contribution in [2.45, 2.75) is 19.3 Å². The van der Waals surface area contributed by atoms with Crippen LogP contribution in [0.4, 0.5) is 4.39 Å². The number of piperidine rings is 1. The molecule has 1 aliphatic carbocycles. The molecule has 3 aromatic carbocycles. The molecule has 0 N–H and O–H groups in total. The molecule has 0 unspecified atom stereocenters. The van der Waals surface area contributed by atoms with E-state index in [1.807, 2.05) is 42.5 Å². The number of halogens is 1. The monoisotopic (exact) mass is 511 g/mol. The van der Waals surface area contributed by atoms with Gasteiger partial charge in [0.15, 0.2) is 0 Å². The molecule has 4 aromatic rings. The fraction of sp³-hybridized carbons (Fsp3) is 0.290. The van der Waals surface area contributed by atoms with Crippen molar-refractivity contribution in [3.63, 3.8) is 0 Å². The van der Waals surface area contributed by atoms with Crippen LogP contribution in [0.1, 0.15) is 30.4 Å². The number of oxime groups is 1. The van der Waals surface area contributed by atoms with E-state index in [-0.39, 0.29) is 5.82 Å². The average Bonchev–Trinajstić information content (AvgIpc) is 3.29. The van der Waals surface area contributed by atoms with E-state index >= 15 is 0 Å². The van der Waals surface area contributed by atoms with Crippen LogP contribution in [0.15, 0.2) is 65.8 Å². The maximum absolute atomic E-state index is 14.6. The minimum atomic E-state index is -0.322. The van der Waals surface area contributed by atoms with Crippen LogP contribution in [-0.2, 0) is 4.84 Å². The fourth-order valence-corrected chi connectivity index (χ4v) is 5.46. The summed E-state index contributed by atoms with van der Waals surface area (Å²) in [5, 5.41) is 5.37. The smallest absolute Gasteiger partial charge is 0.129 e. The predicted octanol–water partition coefficient (Wildman–Crippen LogP) is 6.29. The summed E-state index contributed by atoms with van der Waals surface area (Å²) in [6.45, 7) is 3.52. The van der Waals surface area contributed by atoms with Gasteiger partial charge in [-0.15, -0.1) is 0 Å². The molecule has 6 nitrogen and oxygen atoms in total. The summed E-state index contributed by atoms with van der Waals surface area (Å²) >= 11 is 0. The molecule has 0 radical (unpaired) electrons. The molecule has 1 aliphatic heterocycles. The van der Waals surface area contributed by atoms with Crippen LogP contribution in [0.5, 0.6) is 11.5 Å². The minimum absolute atomic E-state index is 0.322. The first kappa shape index (κ1) is 24.4. The summed E-state index contributed by atoms with van der Waals surface area (Å²) in [4.78, 5) is 13.4. The molecule has 0 spiro atoms. The first-order valence-electron chi connectivity index (χ1n) is 13.1. The largest absolute Gasteiger partial charge is 0.497 e. The topological polar surface area (TPSA) is 56.2 Å². The number of hydrogen-bond acceptors (Lipinski definition) is 6. The summed E-state index contributed by atoms with van der Waals surface area (Å²) in [6.07, 6.45) is 3.75. The molecule has 0 bridgehead atoms. The quantitative estimate of drug-likeness (QED) is 0.190. The van der Waals surface area contributed by atoms with Gasteiger partial charge in [-0.05, 0) is 92.2 Å². The number of rotatable bonds is 7. The number of hydrogen-bond donors (Lipinski definition) is 0. The molecule has 38 heavy (non-hydrogen) atoms. The van der Waals surface area contributed by atoms with Gasteiger partial charge in [-0.25, -0.2) is 9.37 Å². The number of pyridine rings is 1. The number of benzene rings is 3. The Morgan fingerprint density at radius 1 is 0.842 bits per heavy atom. The minimum Gasteiger partial charge on any atom is -0.497 e. The molecule has 2 aliphatic rings. The van der Waals surface area contributed by atoms with Crippen LogP contribution in [0.25, 0.3) is 33.3 Å². The van der Waals surface area contributed by atoms with E-state index in [0.717, 1.165) is 58.9 Å². The first-order valence-corrected chi connectivity index (χ1v) is 13.1. The summed E-state index contributed by atoms with van der Waals surface area (Å²) in [5.41, 5.74) is 6.66. The van der Waals surface area contributed by atoms with Gasteiger partial charge in [0.2, 0.25) is 0 Å². The maximum Gasteiger partial charge on any atom is 0.129 e. The van der Waals surface area contributed by atoms with Crippen molar-refractivity contribution in [2.75, 3.05) is 40.5 Å². The fourth-order valence-electron chi connectivity index (χ4n) is 5.46. The van der Waals surface area contributed by atoms with Gasteiger partial charge in [0.1, 0.15) is 29.6 Å². The molecule has 1 aromatic heterocycles. The van der Waals surface area contributed by atoms with Gasteiger partial charge < -0.3 is 14.3 Å². The molecule has 0 amide bonds. The third-order valence-electron chi connectivity index (χ3n) is 7.40. The number of aromatic nitrogens is 1. The van der Waals surface area contributed by atoms with Crippen LogP contribution in [0, 0.1) is 5.82 Å². The summed E-state index contributed by atoms with van der Waals surface area (Å²) < 4.78 is 25.5. The van der Waals surface area contributed by atoms with E-state index in [2.05, 4.69) is 10.1 Å². The van der Waals surface area contributed by atoms with Crippen LogP contribution < -0.4 is 9.47 Å². The van der Waals surface area contributed by atoms with Crippen molar-refractivity contribution in [1.82, 2.24) is 9.88 Å². The Labute approximate surface area is 221 Å². The van der Waals surface area contributed by atoms with E-state index in [1.165, 1.54) is 31.4 Å². The summed E-state index contributed by atoms with van der Waals surface area (Å²) in [5.74, 6) is 1.16. The van der Waals surface area contributed by atoms with Gasteiger partial charge in [0.25, 0.3) is 0 Å². The molecule has 7 heteroatoms. The van der Waals surface area contributed by atoms with Gasteiger partial charge in [-0.2, -0.15) is 0 Å². The highest BCUT2D eigenvalue weighted by Gasteiger charge is 2.32. The lowest BCUT2D eigenvalue weighted by atomic mass is 9.96. The zero-order valence-electron chi connectivity index (χ0n) is 21.7. The van der Waals surface area contributed by atoms with Crippen LogP contribution in [0.2, 0.25) is 0 Å². The number of nitrogens with zero attached hydrogens (tertiary/aromatic N) is 3. The van der Waals surface area contributed by atoms with Crippen LogP contribution in [0.3, 0.4) is 0 Å². The molecule has 1 fully saturated rings. The highest BCUT2D eigenvalue weighted by Crippen LogP contribution is 2.46. The van der Waals surface area contributed by atoms with Crippen LogP contribution in [-0.4, -0.2) is 56.1 Å². The van der Waals surface area contributed by atoms with Gasteiger partial charge in [-0.1, -0.05) is 11.6 Å². The van der Waals surface area contributed by atoms with Gasteiger partial charge in [0, 0.05) is 34.2 Å². The normalized spacial score (nSPS) is 15.9. The van der Waals surface area contributed by atoms with Crippen molar-refractivity contribution >= 4 is 16.6 Å². The molecule has 1 saturated heterocycles. The lowest BCUT2D eigenvalue weighted by molar-refractivity contribution is 0.103. The number of ether oxygens (including phenoxy) is 2. The Morgan fingerprint density at radius 3 is 2.37 bits per heavy atom. The highest BCUT2D eigenvalue weighted by molar-refractivity contribution is 6.31. The van der Waals surface area contributed by atoms with E-state index in [4.69, 9.17) is 19.3 Å². The average molecular weight is 512 g/mol. The Kier molecular flexibility index (Phi) is 6.68. The third-order valence-corrected chi connectivity index (χ3v) is 7.40. The molecular weight excluding hydrogens is 481 g/mol. The molecule has 2 heterocycles. The summed E-state index contributed by atoms with van der Waals surface area (Å²) in [7, 11) is 3.29. The van der Waals surface area contributed by atoms with Crippen molar-refractivity contribution in [3.8, 4) is 33.9 Å². The predicted molar refractivity (Wildman–Crippen MR) is 148 cm³/mol. The second-order valence-electron chi connectivity index (χ2n) is 9.69. The van der Waals surface area contributed by atoms with Crippen LogP contribution >= 0.6 is 0 Å². The highest BCUT2D eigenvalue weighted by atomic mass is 19.1. The van der Waals surface area contributed by atoms with Gasteiger partial charge >= 0.3 is 0 Å². The second-order valence-corrected chi connectivity index (χ2v) is 9.69. The van der Waals surface area contributed by atoms with Crippen molar-refractivity contribution in [1.29, 1.82) is 0 Å². The molecule has 194 valence electrons. The van der Waals surface area contributed by atoms with Gasteiger partial charge in [0.05, 0.1) is 25.4 Å². The van der Waals surface area contributed by atoms with E-state index in [0.29, 0.717) is 29.0 Å². The standard InChI is InChI=1S/C31H30FN3O3/c1-36-22-9-6-20(7-10-22)30-28-24-12-11-23(37-2)19-25(24)31(34-38-17-16-35-14-4-3-5-15-35)29(28)26-18-21(32)8-13-27(26)33-30/h6-13,18-19H,3-5,14-17H2,1-2H3/b34-31+. The lowest BCUT2D eigenvalue weighted by Crippen LogP contribution is -2.32. The van der Waals surface area contributed by atoms with Gasteiger partial charge in [-0.3, -0.25) is 4.90 Å². The number of fused-ring (bicyclic) bond motifs is 5. The second kappa shape index (κ2) is 10.4. The Bertz CT molecular complexity index is 1510. The van der Waals surface area contributed by atoms with Crippen molar-refractivity contribution in [2.24, 2.45) is 5.16 Å². The van der Waals surface area contributed by atoms with Crippen molar-refractivity contribution in [3.05, 3.63) is 77.6 Å². The number of likely N-dealkylation sites (tertiary alicyclic amines) is 1. The maximum atomic E-state index is 14.6. The van der Waals surface area contributed by atoms with Crippen molar-refractivity contribution < 1.29 is 18.7 Å². The first-order chi connectivity index (χ1) is 18.7. The van der Waals surface area contributed by atoms with E-state index < -0.39 is 0 Å². The SMILES string of the molecule is COc1ccc(-c2nc3ccc(F)cc3c3c2-c2ccc(OC)cc2/C3=N\OCCN2CCCCC2)cc1. The number of methoxy groups -OCH3 is 2. The van der Waals surface area contributed by atoms with E-state index in [9.17, 15) is 4.39 Å². The Balaban J connectivity index is 1.51. The lowest BCUT2D eigenvalue weighted by Gasteiger charge is -2.25. The third kappa shape index (κ3) is 4.47. The molecule has 6 rings (SSSR count). The zero-order chi connectivity index (χ0) is 26.1. The molecular formula is C31H30FN3O3.